The standard InChI is InChI=1S/C23H21Cl2N5OS/c1-12-5-7-18(9-13(12)2)30-15(4)21(28-29-30)22(31)27-23-26-14(3)20(32-23)11-16-10-17(24)6-8-19(16)25/h5-10H,11H2,1-4H3,(H,26,27,31). The third-order valence-corrected chi connectivity index (χ3v) is 6.99. The number of aryl methyl sites for hydroxylation is 3. The zero-order chi connectivity index (χ0) is 23.0. The molecule has 0 unspecified atom stereocenters. The minimum atomic E-state index is -0.348. The Morgan fingerprint density at radius 2 is 1.84 bits per heavy atom. The molecule has 0 radical (unpaired) electrons. The fourth-order valence-electron chi connectivity index (χ4n) is 3.30. The van der Waals surface area contributed by atoms with Gasteiger partial charge in [-0.15, -0.1) is 16.4 Å². The molecule has 0 saturated carbocycles. The van der Waals surface area contributed by atoms with Crippen molar-refractivity contribution in [2.75, 3.05) is 5.32 Å². The number of rotatable bonds is 5. The average molecular weight is 486 g/mol. The maximum absolute atomic E-state index is 12.9. The number of aromatic nitrogens is 4. The maximum Gasteiger partial charge on any atom is 0.279 e. The van der Waals surface area contributed by atoms with Gasteiger partial charge in [0, 0.05) is 21.3 Å². The molecule has 1 amide bonds. The summed E-state index contributed by atoms with van der Waals surface area (Å²) in [5.41, 5.74) is 5.86. The summed E-state index contributed by atoms with van der Waals surface area (Å²) in [6, 6.07) is 11.4. The van der Waals surface area contributed by atoms with Crippen LogP contribution in [0.15, 0.2) is 36.4 Å². The molecule has 0 bridgehead atoms. The van der Waals surface area contributed by atoms with Crippen LogP contribution in [0.25, 0.3) is 5.69 Å². The first kappa shape index (κ1) is 22.5. The second-order valence-electron chi connectivity index (χ2n) is 7.60. The van der Waals surface area contributed by atoms with Crippen LogP contribution in [0.2, 0.25) is 10.0 Å². The summed E-state index contributed by atoms with van der Waals surface area (Å²) in [6.45, 7) is 7.82. The summed E-state index contributed by atoms with van der Waals surface area (Å²) in [7, 11) is 0. The molecule has 0 spiro atoms. The number of halogens is 2. The number of thiazole rings is 1. The number of hydrogen-bond acceptors (Lipinski definition) is 5. The van der Waals surface area contributed by atoms with E-state index in [1.807, 2.05) is 45.0 Å². The summed E-state index contributed by atoms with van der Waals surface area (Å²) >= 11 is 13.8. The number of carbonyl (C=O) groups excluding carboxylic acids is 1. The Kier molecular flexibility index (Phi) is 6.33. The second kappa shape index (κ2) is 9.02. The van der Waals surface area contributed by atoms with Crippen molar-refractivity contribution in [1.82, 2.24) is 20.0 Å². The lowest BCUT2D eigenvalue weighted by atomic mass is 10.1. The van der Waals surface area contributed by atoms with Crippen molar-refractivity contribution in [3.8, 4) is 5.69 Å². The zero-order valence-electron chi connectivity index (χ0n) is 18.0. The van der Waals surface area contributed by atoms with Crippen molar-refractivity contribution < 1.29 is 4.79 Å². The number of anilines is 1. The van der Waals surface area contributed by atoms with Crippen LogP contribution in [0.4, 0.5) is 5.13 Å². The Balaban J connectivity index is 1.54. The Morgan fingerprint density at radius 3 is 2.59 bits per heavy atom. The van der Waals surface area contributed by atoms with E-state index < -0.39 is 0 Å². The van der Waals surface area contributed by atoms with Crippen LogP contribution in [0.3, 0.4) is 0 Å². The summed E-state index contributed by atoms with van der Waals surface area (Å²) in [5.74, 6) is -0.348. The van der Waals surface area contributed by atoms with Crippen LogP contribution in [0.5, 0.6) is 0 Å². The van der Waals surface area contributed by atoms with Crippen molar-refractivity contribution in [3.05, 3.63) is 85.1 Å². The molecule has 2 aromatic carbocycles. The van der Waals surface area contributed by atoms with Gasteiger partial charge >= 0.3 is 0 Å². The third-order valence-electron chi connectivity index (χ3n) is 5.32. The average Bonchev–Trinajstić information content (AvgIpc) is 3.29. The first-order valence-corrected chi connectivity index (χ1v) is 11.5. The van der Waals surface area contributed by atoms with Gasteiger partial charge in [0.2, 0.25) is 0 Å². The predicted molar refractivity (Wildman–Crippen MR) is 130 cm³/mol. The van der Waals surface area contributed by atoms with Crippen molar-refractivity contribution in [2.24, 2.45) is 0 Å². The minimum Gasteiger partial charge on any atom is -0.296 e. The van der Waals surface area contributed by atoms with Gasteiger partial charge in [0.25, 0.3) is 5.91 Å². The van der Waals surface area contributed by atoms with E-state index >= 15 is 0 Å². The van der Waals surface area contributed by atoms with Crippen LogP contribution < -0.4 is 5.32 Å². The highest BCUT2D eigenvalue weighted by atomic mass is 35.5. The van der Waals surface area contributed by atoms with E-state index in [9.17, 15) is 4.79 Å². The highest BCUT2D eigenvalue weighted by Gasteiger charge is 2.20. The first-order valence-electron chi connectivity index (χ1n) is 9.94. The number of carbonyl (C=O) groups is 1. The second-order valence-corrected chi connectivity index (χ2v) is 9.53. The number of nitrogens with zero attached hydrogens (tertiary/aromatic N) is 4. The Hall–Kier alpha value is -2.74. The highest BCUT2D eigenvalue weighted by molar-refractivity contribution is 7.15. The lowest BCUT2D eigenvalue weighted by molar-refractivity contribution is 0.102. The van der Waals surface area contributed by atoms with Crippen LogP contribution in [0, 0.1) is 27.7 Å². The summed E-state index contributed by atoms with van der Waals surface area (Å²) < 4.78 is 1.67. The Bertz CT molecular complexity index is 1330. The molecule has 4 rings (SSSR count). The van der Waals surface area contributed by atoms with E-state index in [1.54, 1.807) is 16.8 Å². The van der Waals surface area contributed by atoms with Crippen molar-refractivity contribution >= 4 is 45.6 Å². The number of nitrogens with one attached hydrogen (secondary N) is 1. The van der Waals surface area contributed by atoms with Gasteiger partial charge in [0.15, 0.2) is 10.8 Å². The van der Waals surface area contributed by atoms with Crippen molar-refractivity contribution in [1.29, 1.82) is 0 Å². The molecular weight excluding hydrogens is 465 g/mol. The molecule has 32 heavy (non-hydrogen) atoms. The molecule has 0 aliphatic heterocycles. The summed E-state index contributed by atoms with van der Waals surface area (Å²) in [4.78, 5) is 18.4. The fourth-order valence-corrected chi connectivity index (χ4v) is 4.65. The highest BCUT2D eigenvalue weighted by Crippen LogP contribution is 2.29. The molecule has 9 heteroatoms. The van der Waals surface area contributed by atoms with Crippen molar-refractivity contribution in [2.45, 2.75) is 34.1 Å². The van der Waals surface area contributed by atoms with Gasteiger partial charge < -0.3 is 0 Å². The van der Waals surface area contributed by atoms with Gasteiger partial charge in [-0.05, 0) is 74.7 Å². The molecule has 0 fully saturated rings. The van der Waals surface area contributed by atoms with E-state index in [1.165, 1.54) is 16.9 Å². The Morgan fingerprint density at radius 1 is 1.06 bits per heavy atom. The number of hydrogen-bond donors (Lipinski definition) is 1. The SMILES string of the molecule is Cc1ccc(-n2nnc(C(=O)Nc3nc(C)c(Cc4cc(Cl)ccc4Cl)s3)c2C)cc1C. The molecule has 0 saturated heterocycles. The minimum absolute atomic E-state index is 0.260. The molecule has 0 atom stereocenters. The Labute approximate surface area is 200 Å². The molecule has 6 nitrogen and oxygen atoms in total. The van der Waals surface area contributed by atoms with Gasteiger partial charge in [-0.1, -0.05) is 34.5 Å². The summed E-state index contributed by atoms with van der Waals surface area (Å²) in [5, 5.41) is 12.9. The third kappa shape index (κ3) is 4.55. The van der Waals surface area contributed by atoms with Crippen molar-refractivity contribution in [3.63, 3.8) is 0 Å². The van der Waals surface area contributed by atoms with E-state index in [2.05, 4.69) is 27.5 Å². The maximum atomic E-state index is 12.9. The molecule has 2 heterocycles. The van der Waals surface area contributed by atoms with Gasteiger partial charge in [0.05, 0.1) is 17.1 Å². The van der Waals surface area contributed by atoms with E-state index in [0.29, 0.717) is 27.3 Å². The van der Waals surface area contributed by atoms with Crippen LogP contribution in [0.1, 0.15) is 43.4 Å². The van der Waals surface area contributed by atoms with Crippen LogP contribution in [-0.2, 0) is 6.42 Å². The van der Waals surface area contributed by atoms with E-state index in [4.69, 9.17) is 23.2 Å². The first-order chi connectivity index (χ1) is 15.2. The monoisotopic (exact) mass is 485 g/mol. The quantitative estimate of drug-likeness (QED) is 0.370. The molecule has 1 N–H and O–H groups in total. The van der Waals surface area contributed by atoms with Crippen LogP contribution in [-0.4, -0.2) is 25.9 Å². The molecule has 0 aliphatic rings. The van der Waals surface area contributed by atoms with Gasteiger partial charge in [-0.25, -0.2) is 9.67 Å². The molecule has 4 aromatic rings. The topological polar surface area (TPSA) is 72.7 Å². The van der Waals surface area contributed by atoms with Gasteiger partial charge in [-0.2, -0.15) is 0 Å². The van der Waals surface area contributed by atoms with E-state index in [0.717, 1.165) is 27.4 Å². The molecule has 2 aromatic heterocycles. The lowest BCUT2D eigenvalue weighted by Crippen LogP contribution is -2.14. The van der Waals surface area contributed by atoms with Crippen LogP contribution >= 0.6 is 34.5 Å². The molecular formula is C23H21Cl2N5OS. The molecule has 164 valence electrons. The normalized spacial score (nSPS) is 11.1. The van der Waals surface area contributed by atoms with Gasteiger partial charge in [0.1, 0.15) is 0 Å². The fraction of sp³-hybridized carbons (Fsp3) is 0.217. The predicted octanol–water partition coefficient (Wildman–Crippen LogP) is 6.11. The number of benzene rings is 2. The molecule has 0 aliphatic carbocycles. The lowest BCUT2D eigenvalue weighted by Gasteiger charge is -2.06. The largest absolute Gasteiger partial charge is 0.296 e. The number of amides is 1. The van der Waals surface area contributed by atoms with Gasteiger partial charge in [-0.3, -0.25) is 10.1 Å². The van der Waals surface area contributed by atoms with E-state index in [-0.39, 0.29) is 11.6 Å². The smallest absolute Gasteiger partial charge is 0.279 e. The summed E-state index contributed by atoms with van der Waals surface area (Å²) in [6.07, 6.45) is 0.584. The zero-order valence-corrected chi connectivity index (χ0v) is 20.4.